The average Bonchev–Trinajstić information content (AvgIpc) is 2.06. The number of hydrogen-bond donors (Lipinski definition) is 0. The van der Waals surface area contributed by atoms with E-state index in [0.29, 0.717) is 22.5 Å². The second kappa shape index (κ2) is 4.37. The predicted molar refractivity (Wildman–Crippen MR) is 59.2 cm³/mol. The molecule has 0 aliphatic heterocycles. The molecular formula is C10H13Cl2NO. The first-order valence-corrected chi connectivity index (χ1v) is 5.24. The highest BCUT2D eigenvalue weighted by atomic mass is 35.5. The average molecular weight is 234 g/mol. The Labute approximate surface area is 94.2 Å². The van der Waals surface area contributed by atoms with Crippen LogP contribution in [-0.4, -0.2) is 10.6 Å². The second-order valence-corrected chi connectivity index (χ2v) is 4.60. The summed E-state index contributed by atoms with van der Waals surface area (Å²) < 4.78 is 5.57. The Bertz CT molecular complexity index is 320. The van der Waals surface area contributed by atoms with Crippen LogP contribution in [0.15, 0.2) is 12.1 Å². The van der Waals surface area contributed by atoms with E-state index in [9.17, 15) is 0 Å². The SMILES string of the molecule is CC(C)(C)Oc1ccc(Cl)c(CCl)n1. The monoisotopic (exact) mass is 233 g/mol. The quantitative estimate of drug-likeness (QED) is 0.728. The van der Waals surface area contributed by atoms with Crippen molar-refractivity contribution in [3.05, 3.63) is 22.8 Å². The fourth-order valence-corrected chi connectivity index (χ4v) is 1.37. The van der Waals surface area contributed by atoms with Crippen LogP contribution < -0.4 is 4.74 Å². The van der Waals surface area contributed by atoms with E-state index in [1.54, 1.807) is 12.1 Å². The third kappa shape index (κ3) is 3.35. The molecule has 0 saturated heterocycles. The zero-order valence-electron chi connectivity index (χ0n) is 8.47. The lowest BCUT2D eigenvalue weighted by Gasteiger charge is -2.20. The molecule has 0 bridgehead atoms. The number of pyridine rings is 1. The van der Waals surface area contributed by atoms with E-state index >= 15 is 0 Å². The summed E-state index contributed by atoms with van der Waals surface area (Å²) in [7, 11) is 0. The molecule has 78 valence electrons. The Balaban J connectivity index is 2.90. The van der Waals surface area contributed by atoms with Crippen molar-refractivity contribution in [2.75, 3.05) is 0 Å². The van der Waals surface area contributed by atoms with Crippen molar-refractivity contribution in [1.29, 1.82) is 0 Å². The Morgan fingerprint density at radius 1 is 1.36 bits per heavy atom. The van der Waals surface area contributed by atoms with Gasteiger partial charge in [-0.25, -0.2) is 4.98 Å². The van der Waals surface area contributed by atoms with Crippen molar-refractivity contribution in [1.82, 2.24) is 4.98 Å². The maximum absolute atomic E-state index is 5.87. The molecule has 0 aliphatic carbocycles. The van der Waals surface area contributed by atoms with E-state index in [-0.39, 0.29) is 5.60 Å². The molecule has 0 saturated carbocycles. The smallest absolute Gasteiger partial charge is 0.214 e. The zero-order chi connectivity index (χ0) is 10.8. The molecule has 1 rings (SSSR count). The Hall–Kier alpha value is -0.470. The van der Waals surface area contributed by atoms with Crippen molar-refractivity contribution in [2.45, 2.75) is 32.3 Å². The summed E-state index contributed by atoms with van der Waals surface area (Å²) in [5, 5.41) is 0.571. The summed E-state index contributed by atoms with van der Waals surface area (Å²) in [6.45, 7) is 5.89. The third-order valence-electron chi connectivity index (χ3n) is 1.43. The van der Waals surface area contributed by atoms with Crippen LogP contribution in [0.2, 0.25) is 5.02 Å². The molecular weight excluding hydrogens is 221 g/mol. The highest BCUT2D eigenvalue weighted by Gasteiger charge is 2.13. The zero-order valence-corrected chi connectivity index (χ0v) is 9.99. The number of ether oxygens (including phenoxy) is 1. The number of halogens is 2. The minimum Gasteiger partial charge on any atom is -0.472 e. The molecule has 0 amide bonds. The van der Waals surface area contributed by atoms with Crippen LogP contribution in [0.5, 0.6) is 5.88 Å². The molecule has 0 aliphatic rings. The lowest BCUT2D eigenvalue weighted by atomic mass is 10.2. The molecule has 0 spiro atoms. The lowest BCUT2D eigenvalue weighted by molar-refractivity contribution is 0.124. The molecule has 14 heavy (non-hydrogen) atoms. The van der Waals surface area contributed by atoms with Crippen LogP contribution >= 0.6 is 23.2 Å². The summed E-state index contributed by atoms with van der Waals surface area (Å²) in [4.78, 5) is 4.19. The standard InChI is InChI=1S/C10H13Cl2NO/c1-10(2,3)14-9-5-4-7(12)8(6-11)13-9/h4-5H,6H2,1-3H3. The molecule has 0 atom stereocenters. The summed E-state index contributed by atoms with van der Waals surface area (Å²) in [5.41, 5.74) is 0.389. The summed E-state index contributed by atoms with van der Waals surface area (Å²) in [6.07, 6.45) is 0. The number of nitrogens with zero attached hydrogens (tertiary/aromatic N) is 1. The largest absolute Gasteiger partial charge is 0.472 e. The van der Waals surface area contributed by atoms with Crippen molar-refractivity contribution in [3.8, 4) is 5.88 Å². The first kappa shape index (κ1) is 11.6. The lowest BCUT2D eigenvalue weighted by Crippen LogP contribution is -2.23. The van der Waals surface area contributed by atoms with Crippen LogP contribution in [0.3, 0.4) is 0 Å². The summed E-state index contributed by atoms with van der Waals surface area (Å²) in [5.74, 6) is 0.845. The van der Waals surface area contributed by atoms with Gasteiger partial charge in [0.25, 0.3) is 0 Å². The van der Waals surface area contributed by atoms with E-state index in [0.717, 1.165) is 0 Å². The number of alkyl halides is 1. The van der Waals surface area contributed by atoms with Crippen LogP contribution in [0.4, 0.5) is 0 Å². The number of rotatable bonds is 2. The molecule has 0 N–H and O–H groups in total. The van der Waals surface area contributed by atoms with Gasteiger partial charge in [0, 0.05) is 6.07 Å². The van der Waals surface area contributed by atoms with Gasteiger partial charge in [0.15, 0.2) is 0 Å². The maximum atomic E-state index is 5.87. The molecule has 1 heterocycles. The van der Waals surface area contributed by atoms with E-state index in [1.807, 2.05) is 20.8 Å². The van der Waals surface area contributed by atoms with E-state index < -0.39 is 0 Å². The van der Waals surface area contributed by atoms with Gasteiger partial charge in [-0.2, -0.15) is 0 Å². The molecule has 4 heteroatoms. The molecule has 0 unspecified atom stereocenters. The molecule has 0 fully saturated rings. The number of aromatic nitrogens is 1. The van der Waals surface area contributed by atoms with Crippen molar-refractivity contribution in [2.24, 2.45) is 0 Å². The summed E-state index contributed by atoms with van der Waals surface area (Å²) >= 11 is 11.5. The third-order valence-corrected chi connectivity index (χ3v) is 2.03. The van der Waals surface area contributed by atoms with E-state index in [2.05, 4.69) is 4.98 Å². The first-order chi connectivity index (χ1) is 6.42. The Kier molecular flexibility index (Phi) is 3.62. The molecule has 0 radical (unpaired) electrons. The van der Waals surface area contributed by atoms with Gasteiger partial charge in [-0.3, -0.25) is 0 Å². The van der Waals surface area contributed by atoms with Crippen molar-refractivity contribution in [3.63, 3.8) is 0 Å². The normalized spacial score (nSPS) is 11.5. The Morgan fingerprint density at radius 3 is 2.50 bits per heavy atom. The summed E-state index contributed by atoms with van der Waals surface area (Å²) in [6, 6.07) is 3.48. The Morgan fingerprint density at radius 2 is 2.00 bits per heavy atom. The van der Waals surface area contributed by atoms with Gasteiger partial charge in [0.2, 0.25) is 5.88 Å². The fraction of sp³-hybridized carbons (Fsp3) is 0.500. The van der Waals surface area contributed by atoms with Gasteiger partial charge in [-0.15, -0.1) is 11.6 Å². The highest BCUT2D eigenvalue weighted by Crippen LogP contribution is 2.22. The second-order valence-electron chi connectivity index (χ2n) is 3.93. The topological polar surface area (TPSA) is 22.1 Å². The first-order valence-electron chi connectivity index (χ1n) is 4.33. The van der Waals surface area contributed by atoms with Gasteiger partial charge in [-0.05, 0) is 26.8 Å². The van der Waals surface area contributed by atoms with Crippen LogP contribution in [-0.2, 0) is 5.88 Å². The van der Waals surface area contributed by atoms with Crippen LogP contribution in [0.25, 0.3) is 0 Å². The maximum Gasteiger partial charge on any atom is 0.214 e. The van der Waals surface area contributed by atoms with Gasteiger partial charge in [-0.1, -0.05) is 11.6 Å². The van der Waals surface area contributed by atoms with Crippen LogP contribution in [0.1, 0.15) is 26.5 Å². The minimum absolute atomic E-state index is 0.260. The van der Waals surface area contributed by atoms with Gasteiger partial charge in [0.1, 0.15) is 5.60 Å². The van der Waals surface area contributed by atoms with Gasteiger partial charge < -0.3 is 4.74 Å². The fourth-order valence-electron chi connectivity index (χ4n) is 0.929. The van der Waals surface area contributed by atoms with E-state index in [4.69, 9.17) is 27.9 Å². The minimum atomic E-state index is -0.260. The van der Waals surface area contributed by atoms with Crippen molar-refractivity contribution >= 4 is 23.2 Å². The predicted octanol–water partition coefficient (Wildman–Crippen LogP) is 3.65. The molecule has 0 aromatic carbocycles. The molecule has 2 nitrogen and oxygen atoms in total. The number of hydrogen-bond acceptors (Lipinski definition) is 2. The van der Waals surface area contributed by atoms with E-state index in [1.165, 1.54) is 0 Å². The molecule has 1 aromatic rings. The van der Waals surface area contributed by atoms with Crippen LogP contribution in [0, 0.1) is 0 Å². The van der Waals surface area contributed by atoms with Gasteiger partial charge in [0.05, 0.1) is 16.6 Å². The van der Waals surface area contributed by atoms with Crippen molar-refractivity contribution < 1.29 is 4.74 Å². The molecule has 1 aromatic heterocycles. The van der Waals surface area contributed by atoms with Gasteiger partial charge >= 0.3 is 0 Å². The highest BCUT2D eigenvalue weighted by molar-refractivity contribution is 6.32.